The molecule has 3 aliphatic carbocycles. The second-order valence-corrected chi connectivity index (χ2v) is 10.5. The third-order valence-corrected chi connectivity index (χ3v) is 7.79. The summed E-state index contributed by atoms with van der Waals surface area (Å²) in [6, 6.07) is 0. The van der Waals surface area contributed by atoms with E-state index in [0.717, 1.165) is 19.3 Å². The van der Waals surface area contributed by atoms with Crippen LogP contribution in [0, 0.1) is 28.6 Å². The number of carboxylic acid groups (broad SMARTS) is 1. The maximum atomic E-state index is 11.9. The molecule has 0 saturated heterocycles. The fourth-order valence-electron chi connectivity index (χ4n) is 5.65. The maximum absolute atomic E-state index is 11.9. The number of hydrogen-bond acceptors (Lipinski definition) is 4. The molecule has 0 heterocycles. The molecule has 1 saturated carbocycles. The number of aliphatic hydroxyl groups is 2. The van der Waals surface area contributed by atoms with Gasteiger partial charge in [0.1, 0.15) is 0 Å². The number of fused-ring (bicyclic) bond motifs is 3. The summed E-state index contributed by atoms with van der Waals surface area (Å²) in [6.07, 6.45) is 11.2. The van der Waals surface area contributed by atoms with Gasteiger partial charge in [-0.05, 0) is 74.7 Å². The standard InChI is InChI=1S/C20H30O2.C4H11NO2/c1-13(2)14-6-8-16-15(12-14)7-9-17-19(16,3)10-5-11-20(17,4)18(21)22;1-4(5,2-6)3-7/h7,12-13,16-17H,5-6,8-11H2,1-4H3,(H,21,22);6-7H,2-3,5H2,1H3. The number of nitrogens with two attached hydrogens (primary N) is 1. The summed E-state index contributed by atoms with van der Waals surface area (Å²) in [7, 11) is 0. The first-order chi connectivity index (χ1) is 13.4. The molecular weight excluding hydrogens is 366 g/mol. The lowest BCUT2D eigenvalue weighted by Gasteiger charge is -2.57. The fourth-order valence-corrected chi connectivity index (χ4v) is 5.65. The zero-order chi connectivity index (χ0) is 22.0. The van der Waals surface area contributed by atoms with Crippen molar-refractivity contribution in [3.05, 3.63) is 23.3 Å². The van der Waals surface area contributed by atoms with Crippen molar-refractivity contribution >= 4 is 5.97 Å². The van der Waals surface area contributed by atoms with E-state index in [9.17, 15) is 9.90 Å². The van der Waals surface area contributed by atoms with E-state index >= 15 is 0 Å². The number of aliphatic carboxylic acids is 1. The van der Waals surface area contributed by atoms with Crippen LogP contribution in [0.25, 0.3) is 0 Å². The Kier molecular flexibility index (Phi) is 7.40. The van der Waals surface area contributed by atoms with E-state index in [4.69, 9.17) is 15.9 Å². The summed E-state index contributed by atoms with van der Waals surface area (Å²) in [5.74, 6) is 0.888. The Balaban J connectivity index is 0.000000370. The van der Waals surface area contributed by atoms with Crippen LogP contribution in [0.15, 0.2) is 23.3 Å². The Morgan fingerprint density at radius 1 is 1.28 bits per heavy atom. The van der Waals surface area contributed by atoms with E-state index in [1.165, 1.54) is 24.8 Å². The first-order valence-corrected chi connectivity index (χ1v) is 11.1. The van der Waals surface area contributed by atoms with E-state index in [1.807, 2.05) is 6.92 Å². The van der Waals surface area contributed by atoms with Crippen molar-refractivity contribution in [1.82, 2.24) is 0 Å². The maximum Gasteiger partial charge on any atom is 0.309 e. The predicted molar refractivity (Wildman–Crippen MR) is 116 cm³/mol. The molecule has 4 unspecified atom stereocenters. The van der Waals surface area contributed by atoms with Crippen LogP contribution >= 0.6 is 0 Å². The van der Waals surface area contributed by atoms with Gasteiger partial charge in [-0.15, -0.1) is 0 Å². The van der Waals surface area contributed by atoms with E-state index < -0.39 is 16.9 Å². The molecule has 0 aromatic carbocycles. The van der Waals surface area contributed by atoms with Crippen LogP contribution in [0.4, 0.5) is 0 Å². The number of allylic oxidation sites excluding steroid dienone is 4. The summed E-state index contributed by atoms with van der Waals surface area (Å²) in [6.45, 7) is 10.2. The Morgan fingerprint density at radius 3 is 2.38 bits per heavy atom. The highest BCUT2D eigenvalue weighted by Gasteiger charge is 2.57. The number of carbonyl (C=O) groups is 1. The monoisotopic (exact) mass is 407 g/mol. The van der Waals surface area contributed by atoms with Gasteiger partial charge in [0.2, 0.25) is 0 Å². The zero-order valence-electron chi connectivity index (χ0n) is 18.9. The van der Waals surface area contributed by atoms with Crippen LogP contribution in [-0.4, -0.2) is 40.0 Å². The highest BCUT2D eigenvalue weighted by Crippen LogP contribution is 2.62. The van der Waals surface area contributed by atoms with E-state index in [0.29, 0.717) is 11.8 Å². The minimum Gasteiger partial charge on any atom is -0.481 e. The van der Waals surface area contributed by atoms with Gasteiger partial charge < -0.3 is 21.1 Å². The SMILES string of the molecule is CC(C)C1=CC2=CCC3C(C)(C(=O)O)CCCC3(C)C2CC1.CC(N)(CO)CO. The molecule has 0 spiro atoms. The Morgan fingerprint density at radius 2 is 1.90 bits per heavy atom. The molecule has 0 bridgehead atoms. The minimum atomic E-state index is -0.806. The summed E-state index contributed by atoms with van der Waals surface area (Å²) < 4.78 is 0. The van der Waals surface area contributed by atoms with Gasteiger partial charge >= 0.3 is 5.97 Å². The molecule has 0 amide bonds. The summed E-state index contributed by atoms with van der Waals surface area (Å²) in [5, 5.41) is 26.4. The minimum absolute atomic E-state index is 0.161. The van der Waals surface area contributed by atoms with Gasteiger partial charge in [0.15, 0.2) is 0 Å². The molecule has 3 rings (SSSR count). The quantitative estimate of drug-likeness (QED) is 0.566. The average molecular weight is 408 g/mol. The molecule has 4 atom stereocenters. The molecule has 0 aromatic heterocycles. The van der Waals surface area contributed by atoms with Crippen LogP contribution < -0.4 is 5.73 Å². The van der Waals surface area contributed by atoms with Crippen LogP contribution in [0.2, 0.25) is 0 Å². The molecule has 5 N–H and O–H groups in total. The summed E-state index contributed by atoms with van der Waals surface area (Å²) in [4.78, 5) is 11.9. The fraction of sp³-hybridized carbons (Fsp3) is 0.792. The van der Waals surface area contributed by atoms with Crippen LogP contribution in [0.5, 0.6) is 0 Å². The molecule has 29 heavy (non-hydrogen) atoms. The van der Waals surface area contributed by atoms with Crippen molar-refractivity contribution in [3.63, 3.8) is 0 Å². The number of carboxylic acids is 1. The number of aliphatic hydroxyl groups excluding tert-OH is 2. The Bertz CT molecular complexity index is 660. The summed E-state index contributed by atoms with van der Waals surface area (Å²) >= 11 is 0. The first kappa shape index (κ1) is 24.1. The predicted octanol–water partition coefficient (Wildman–Crippen LogP) is 3.89. The molecular formula is C24H41NO4. The third kappa shape index (κ3) is 4.78. The smallest absolute Gasteiger partial charge is 0.309 e. The Labute approximate surface area is 176 Å². The first-order valence-electron chi connectivity index (χ1n) is 11.1. The molecule has 3 aliphatic rings. The second kappa shape index (κ2) is 8.91. The van der Waals surface area contributed by atoms with Gasteiger partial charge in [0.25, 0.3) is 0 Å². The molecule has 1 fully saturated rings. The van der Waals surface area contributed by atoms with Gasteiger partial charge in [-0.25, -0.2) is 0 Å². The van der Waals surface area contributed by atoms with E-state index in [1.54, 1.807) is 12.5 Å². The van der Waals surface area contributed by atoms with E-state index in [2.05, 4.69) is 32.9 Å². The average Bonchev–Trinajstić information content (AvgIpc) is 2.67. The van der Waals surface area contributed by atoms with Crippen molar-refractivity contribution in [2.75, 3.05) is 13.2 Å². The third-order valence-electron chi connectivity index (χ3n) is 7.79. The number of rotatable bonds is 4. The van der Waals surface area contributed by atoms with Gasteiger partial charge in [-0.1, -0.05) is 44.9 Å². The van der Waals surface area contributed by atoms with Crippen LogP contribution in [0.3, 0.4) is 0 Å². The normalized spacial score (nSPS) is 34.2. The second-order valence-electron chi connectivity index (χ2n) is 10.5. The lowest BCUT2D eigenvalue weighted by molar-refractivity contribution is -0.162. The molecule has 5 nitrogen and oxygen atoms in total. The van der Waals surface area contributed by atoms with Gasteiger partial charge in [-0.3, -0.25) is 4.79 Å². The number of hydrogen-bond donors (Lipinski definition) is 4. The highest BCUT2D eigenvalue weighted by atomic mass is 16.4. The van der Waals surface area contributed by atoms with Crippen molar-refractivity contribution in [1.29, 1.82) is 0 Å². The molecule has 0 aliphatic heterocycles. The van der Waals surface area contributed by atoms with E-state index in [-0.39, 0.29) is 24.5 Å². The largest absolute Gasteiger partial charge is 0.481 e. The van der Waals surface area contributed by atoms with Crippen LogP contribution in [-0.2, 0) is 4.79 Å². The van der Waals surface area contributed by atoms with Gasteiger partial charge in [0.05, 0.1) is 24.2 Å². The van der Waals surface area contributed by atoms with Gasteiger partial charge in [0, 0.05) is 0 Å². The zero-order valence-corrected chi connectivity index (χ0v) is 18.9. The lowest BCUT2D eigenvalue weighted by Crippen LogP contribution is -2.53. The van der Waals surface area contributed by atoms with Crippen molar-refractivity contribution in [2.45, 2.75) is 78.7 Å². The summed E-state index contributed by atoms with van der Waals surface area (Å²) in [5.41, 5.74) is 7.10. The topological polar surface area (TPSA) is 104 Å². The molecule has 166 valence electrons. The van der Waals surface area contributed by atoms with Crippen molar-refractivity contribution in [2.24, 2.45) is 34.3 Å². The molecule has 0 radical (unpaired) electrons. The van der Waals surface area contributed by atoms with Crippen molar-refractivity contribution < 1.29 is 20.1 Å². The molecule has 0 aromatic rings. The Hall–Kier alpha value is -1.17. The molecule has 5 heteroatoms. The van der Waals surface area contributed by atoms with Crippen LogP contribution in [0.1, 0.15) is 73.1 Å². The lowest BCUT2D eigenvalue weighted by atomic mass is 9.47. The van der Waals surface area contributed by atoms with Gasteiger partial charge in [-0.2, -0.15) is 0 Å². The highest BCUT2D eigenvalue weighted by molar-refractivity contribution is 5.75. The van der Waals surface area contributed by atoms with Crippen molar-refractivity contribution in [3.8, 4) is 0 Å².